The number of halogens is 1. The molecule has 0 amide bonds. The van der Waals surface area contributed by atoms with Crippen LogP contribution >= 0.6 is 11.6 Å². The van der Waals surface area contributed by atoms with Gasteiger partial charge in [0.25, 0.3) is 0 Å². The van der Waals surface area contributed by atoms with Gasteiger partial charge in [-0.25, -0.2) is 10.4 Å². The topological polar surface area (TPSA) is 46.2 Å². The lowest BCUT2D eigenvalue weighted by Crippen LogP contribution is -2.31. The van der Waals surface area contributed by atoms with Crippen LogP contribution in [0.4, 0.5) is 5.69 Å². The number of hydrogen-bond acceptors (Lipinski definition) is 4. The van der Waals surface area contributed by atoms with Crippen molar-refractivity contribution in [2.24, 2.45) is 0 Å². The van der Waals surface area contributed by atoms with E-state index in [1.54, 1.807) is 12.3 Å². The summed E-state index contributed by atoms with van der Waals surface area (Å²) in [5.74, 6) is 0.603. The fourth-order valence-electron chi connectivity index (χ4n) is 1.30. The van der Waals surface area contributed by atoms with E-state index in [-0.39, 0.29) is 6.10 Å². The maximum Gasteiger partial charge on any atom is 0.239 e. The molecule has 1 atom stereocenters. The predicted octanol–water partition coefficient (Wildman–Crippen LogP) is 1.82. The molecule has 0 saturated carbocycles. The van der Waals surface area contributed by atoms with E-state index in [9.17, 15) is 0 Å². The van der Waals surface area contributed by atoms with Crippen LogP contribution in [-0.4, -0.2) is 17.6 Å². The van der Waals surface area contributed by atoms with Gasteiger partial charge < -0.3 is 10.2 Å². The second-order valence-electron chi connectivity index (χ2n) is 3.16. The predicted molar refractivity (Wildman–Crippen MR) is 55.6 cm³/mol. The molecule has 0 bridgehead atoms. The number of nitrogens with one attached hydrogen (secondary N) is 2. The van der Waals surface area contributed by atoms with E-state index in [0.717, 1.165) is 18.7 Å². The van der Waals surface area contributed by atoms with E-state index >= 15 is 0 Å². The van der Waals surface area contributed by atoms with Crippen molar-refractivity contribution in [3.05, 3.63) is 17.3 Å². The number of fused-ring (bicyclic) bond motifs is 1. The molecule has 2 N–H and O–H groups in total. The first-order valence-corrected chi connectivity index (χ1v) is 4.98. The highest BCUT2D eigenvalue weighted by molar-refractivity contribution is 6.30. The van der Waals surface area contributed by atoms with Crippen LogP contribution in [0.3, 0.4) is 0 Å². The van der Waals surface area contributed by atoms with Crippen LogP contribution < -0.4 is 15.6 Å². The van der Waals surface area contributed by atoms with Gasteiger partial charge >= 0.3 is 0 Å². The van der Waals surface area contributed by atoms with E-state index in [2.05, 4.69) is 22.8 Å². The highest BCUT2D eigenvalue weighted by Gasteiger charge is 2.16. The molecule has 0 aromatic carbocycles. The number of anilines is 1. The Bertz CT molecular complexity index is 332. The van der Waals surface area contributed by atoms with Crippen LogP contribution in [0, 0.1) is 0 Å². The minimum atomic E-state index is 0.150. The Balaban J connectivity index is 2.27. The van der Waals surface area contributed by atoms with Gasteiger partial charge in [0.15, 0.2) is 0 Å². The van der Waals surface area contributed by atoms with Crippen molar-refractivity contribution in [1.29, 1.82) is 0 Å². The second-order valence-corrected chi connectivity index (χ2v) is 3.60. The molecule has 0 saturated heterocycles. The van der Waals surface area contributed by atoms with Crippen LogP contribution in [0.5, 0.6) is 5.88 Å². The molecule has 0 spiro atoms. The molecule has 1 aromatic rings. The molecule has 1 aliphatic rings. The molecular formula is C9H12ClN3O. The van der Waals surface area contributed by atoms with Crippen LogP contribution in [0.25, 0.3) is 0 Å². The van der Waals surface area contributed by atoms with E-state index < -0.39 is 0 Å². The fourth-order valence-corrected chi connectivity index (χ4v) is 1.46. The van der Waals surface area contributed by atoms with E-state index in [4.69, 9.17) is 16.3 Å². The molecule has 0 fully saturated rings. The Hall–Kier alpha value is -1.00. The van der Waals surface area contributed by atoms with E-state index in [0.29, 0.717) is 10.9 Å². The van der Waals surface area contributed by atoms with Crippen LogP contribution in [0.15, 0.2) is 12.3 Å². The second kappa shape index (κ2) is 4.02. The van der Waals surface area contributed by atoms with Crippen LogP contribution in [-0.2, 0) is 0 Å². The first-order chi connectivity index (χ1) is 6.79. The standard InChI is InChI=1S/C9H12ClN3O/c1-2-7-5-12-13-8-3-6(10)4-11-9(8)14-7/h3-4,7,12-13H,2,5H2,1H3/t7-/m1/s1. The Morgan fingerprint density at radius 1 is 1.71 bits per heavy atom. The third-order valence-electron chi connectivity index (χ3n) is 2.10. The van der Waals surface area contributed by atoms with Crippen molar-refractivity contribution in [2.75, 3.05) is 12.0 Å². The highest BCUT2D eigenvalue weighted by Crippen LogP contribution is 2.26. The summed E-state index contributed by atoms with van der Waals surface area (Å²) in [5.41, 5.74) is 6.85. The summed E-state index contributed by atoms with van der Waals surface area (Å²) in [6.07, 6.45) is 2.68. The Morgan fingerprint density at radius 3 is 3.36 bits per heavy atom. The lowest BCUT2D eigenvalue weighted by Gasteiger charge is -2.12. The Morgan fingerprint density at radius 2 is 2.57 bits per heavy atom. The van der Waals surface area contributed by atoms with Gasteiger partial charge in [-0.05, 0) is 12.5 Å². The fraction of sp³-hybridized carbons (Fsp3) is 0.444. The van der Waals surface area contributed by atoms with Gasteiger partial charge in [-0.3, -0.25) is 0 Å². The smallest absolute Gasteiger partial charge is 0.239 e. The van der Waals surface area contributed by atoms with E-state index in [1.807, 2.05) is 0 Å². The van der Waals surface area contributed by atoms with E-state index in [1.165, 1.54) is 0 Å². The summed E-state index contributed by atoms with van der Waals surface area (Å²) < 4.78 is 5.67. The van der Waals surface area contributed by atoms with Crippen molar-refractivity contribution in [2.45, 2.75) is 19.4 Å². The average Bonchev–Trinajstić information content (AvgIpc) is 2.38. The molecule has 2 rings (SSSR count). The normalized spacial score (nSPS) is 20.3. The molecule has 0 unspecified atom stereocenters. The van der Waals surface area contributed by atoms with Gasteiger partial charge in [-0.15, -0.1) is 0 Å². The summed E-state index contributed by atoms with van der Waals surface area (Å²) >= 11 is 5.81. The minimum Gasteiger partial charge on any atom is -0.471 e. The molecular weight excluding hydrogens is 202 g/mol. The maximum absolute atomic E-state index is 5.81. The molecule has 4 nitrogen and oxygen atoms in total. The summed E-state index contributed by atoms with van der Waals surface area (Å²) in [7, 11) is 0. The summed E-state index contributed by atoms with van der Waals surface area (Å²) in [5, 5.41) is 0.594. The quantitative estimate of drug-likeness (QED) is 0.747. The van der Waals surface area contributed by atoms with Crippen molar-refractivity contribution >= 4 is 17.3 Å². The maximum atomic E-state index is 5.81. The first kappa shape index (κ1) is 9.55. The molecule has 0 radical (unpaired) electrons. The van der Waals surface area contributed by atoms with Crippen molar-refractivity contribution in [3.8, 4) is 5.88 Å². The zero-order valence-corrected chi connectivity index (χ0v) is 8.64. The Labute approximate surface area is 87.6 Å². The zero-order chi connectivity index (χ0) is 9.97. The van der Waals surface area contributed by atoms with Gasteiger partial charge in [-0.1, -0.05) is 18.5 Å². The van der Waals surface area contributed by atoms with Gasteiger partial charge in [0, 0.05) is 6.20 Å². The molecule has 1 aromatic heterocycles. The summed E-state index contributed by atoms with van der Waals surface area (Å²) in [4.78, 5) is 4.12. The first-order valence-electron chi connectivity index (χ1n) is 4.60. The number of nitrogens with zero attached hydrogens (tertiary/aromatic N) is 1. The largest absolute Gasteiger partial charge is 0.471 e. The lowest BCUT2D eigenvalue weighted by molar-refractivity contribution is 0.196. The number of aromatic nitrogens is 1. The summed E-state index contributed by atoms with van der Waals surface area (Å²) in [6, 6.07) is 1.79. The summed E-state index contributed by atoms with van der Waals surface area (Å²) in [6.45, 7) is 2.83. The molecule has 0 aliphatic carbocycles. The Kier molecular flexibility index (Phi) is 2.74. The number of hydrazine groups is 1. The van der Waals surface area contributed by atoms with Gasteiger partial charge in [0.05, 0.1) is 11.6 Å². The van der Waals surface area contributed by atoms with Gasteiger partial charge in [0.1, 0.15) is 11.8 Å². The van der Waals surface area contributed by atoms with Crippen molar-refractivity contribution in [3.63, 3.8) is 0 Å². The number of pyridine rings is 1. The molecule has 14 heavy (non-hydrogen) atoms. The third-order valence-corrected chi connectivity index (χ3v) is 2.31. The highest BCUT2D eigenvalue weighted by atomic mass is 35.5. The molecule has 5 heteroatoms. The number of rotatable bonds is 1. The van der Waals surface area contributed by atoms with Crippen LogP contribution in [0.2, 0.25) is 5.02 Å². The number of hydrogen-bond donors (Lipinski definition) is 2. The zero-order valence-electron chi connectivity index (χ0n) is 7.88. The SMILES string of the molecule is CC[C@@H]1CNNc2cc(Cl)cnc2O1. The average molecular weight is 214 g/mol. The monoisotopic (exact) mass is 213 g/mol. The molecule has 76 valence electrons. The van der Waals surface area contributed by atoms with Crippen molar-refractivity contribution in [1.82, 2.24) is 10.4 Å². The lowest BCUT2D eigenvalue weighted by atomic mass is 10.3. The van der Waals surface area contributed by atoms with Crippen molar-refractivity contribution < 1.29 is 4.74 Å². The van der Waals surface area contributed by atoms with Gasteiger partial charge in [0.2, 0.25) is 5.88 Å². The molecule has 1 aliphatic heterocycles. The molecule has 2 heterocycles. The number of ether oxygens (including phenoxy) is 1. The minimum absolute atomic E-state index is 0.150. The third kappa shape index (κ3) is 1.91. The van der Waals surface area contributed by atoms with Crippen LogP contribution in [0.1, 0.15) is 13.3 Å². The van der Waals surface area contributed by atoms with Gasteiger partial charge in [-0.2, -0.15) is 0 Å².